The first kappa shape index (κ1) is 25.7. The van der Waals surface area contributed by atoms with Crippen molar-refractivity contribution in [3.05, 3.63) is 83.4 Å². The summed E-state index contributed by atoms with van der Waals surface area (Å²) in [5.41, 5.74) is 0.841. The predicted octanol–water partition coefficient (Wildman–Crippen LogP) is 6.19. The van der Waals surface area contributed by atoms with Gasteiger partial charge in [-0.2, -0.15) is 13.2 Å². The Kier molecular flexibility index (Phi) is 8.70. The molecule has 3 rings (SSSR count). The molecule has 2 atom stereocenters. The van der Waals surface area contributed by atoms with Gasteiger partial charge < -0.3 is 10.2 Å². The van der Waals surface area contributed by atoms with Crippen molar-refractivity contribution in [3.8, 4) is 0 Å². The molecule has 3 aromatic carbocycles. The molecule has 0 saturated heterocycles. The molecular formula is C25H28ClF3N2O. The molecule has 0 radical (unpaired) electrons. The second-order valence-corrected chi connectivity index (χ2v) is 8.10. The zero-order valence-corrected chi connectivity index (χ0v) is 19.1. The first-order chi connectivity index (χ1) is 14.6. The van der Waals surface area contributed by atoms with Gasteiger partial charge in [-0.15, -0.1) is 12.4 Å². The summed E-state index contributed by atoms with van der Waals surface area (Å²) >= 11 is 0. The normalized spacial score (nSPS) is 13.5. The van der Waals surface area contributed by atoms with Crippen molar-refractivity contribution in [1.82, 2.24) is 10.2 Å². The minimum Gasteiger partial charge on any atom is -0.349 e. The second-order valence-electron chi connectivity index (χ2n) is 8.10. The monoisotopic (exact) mass is 464 g/mol. The van der Waals surface area contributed by atoms with Gasteiger partial charge in [0.25, 0.3) is 0 Å². The van der Waals surface area contributed by atoms with Crippen LogP contribution in [0.2, 0.25) is 0 Å². The first-order valence-electron chi connectivity index (χ1n) is 10.3. The second kappa shape index (κ2) is 10.8. The van der Waals surface area contributed by atoms with Crippen LogP contribution < -0.4 is 5.32 Å². The Hall–Kier alpha value is -2.57. The van der Waals surface area contributed by atoms with Crippen molar-refractivity contribution in [3.63, 3.8) is 0 Å². The van der Waals surface area contributed by atoms with E-state index in [4.69, 9.17) is 0 Å². The van der Waals surface area contributed by atoms with E-state index in [1.807, 2.05) is 50.5 Å². The summed E-state index contributed by atoms with van der Waals surface area (Å²) in [7, 11) is 3.95. The van der Waals surface area contributed by atoms with Gasteiger partial charge >= 0.3 is 6.18 Å². The molecule has 2 unspecified atom stereocenters. The van der Waals surface area contributed by atoms with E-state index in [0.717, 1.165) is 41.4 Å². The molecule has 0 aliphatic heterocycles. The average Bonchev–Trinajstić information content (AvgIpc) is 2.75. The van der Waals surface area contributed by atoms with E-state index < -0.39 is 17.7 Å². The number of carbonyl (C=O) groups excluding carboxylic acids is 1. The largest absolute Gasteiger partial charge is 0.416 e. The molecule has 1 amide bonds. The number of carbonyl (C=O) groups is 1. The number of benzene rings is 3. The van der Waals surface area contributed by atoms with Crippen LogP contribution in [0.15, 0.2) is 66.7 Å². The maximum Gasteiger partial charge on any atom is 0.416 e. The lowest BCUT2D eigenvalue weighted by Gasteiger charge is -2.24. The van der Waals surface area contributed by atoms with Crippen LogP contribution in [0.3, 0.4) is 0 Å². The van der Waals surface area contributed by atoms with Crippen molar-refractivity contribution < 1.29 is 18.0 Å². The Balaban J connectivity index is 0.00000363. The van der Waals surface area contributed by atoms with Crippen molar-refractivity contribution in [2.75, 3.05) is 20.6 Å². The fourth-order valence-electron chi connectivity index (χ4n) is 3.54. The van der Waals surface area contributed by atoms with Crippen LogP contribution in [0.1, 0.15) is 42.0 Å². The SMILES string of the molecule is CC(C(=O)NC(CCN(C)C)c1ccc2ccccc2c1)c1ccc(C(F)(F)F)cc1.Cl. The molecule has 3 nitrogen and oxygen atoms in total. The van der Waals surface area contributed by atoms with E-state index in [9.17, 15) is 18.0 Å². The van der Waals surface area contributed by atoms with E-state index in [0.29, 0.717) is 5.56 Å². The van der Waals surface area contributed by atoms with Gasteiger partial charge in [-0.25, -0.2) is 0 Å². The van der Waals surface area contributed by atoms with Crippen LogP contribution in [0, 0.1) is 0 Å². The van der Waals surface area contributed by atoms with E-state index in [1.54, 1.807) is 6.92 Å². The third kappa shape index (κ3) is 6.47. The highest BCUT2D eigenvalue weighted by Crippen LogP contribution is 2.30. The lowest BCUT2D eigenvalue weighted by atomic mass is 9.96. The number of hydrogen-bond donors (Lipinski definition) is 1. The molecule has 0 saturated carbocycles. The molecule has 0 spiro atoms. The summed E-state index contributed by atoms with van der Waals surface area (Å²) in [6.45, 7) is 2.49. The van der Waals surface area contributed by atoms with Gasteiger partial charge in [0.2, 0.25) is 5.91 Å². The lowest BCUT2D eigenvalue weighted by molar-refractivity contribution is -0.137. The predicted molar refractivity (Wildman–Crippen MR) is 125 cm³/mol. The van der Waals surface area contributed by atoms with Gasteiger partial charge in [0.15, 0.2) is 0 Å². The molecule has 0 heterocycles. The Morgan fingerprint density at radius 2 is 1.53 bits per heavy atom. The third-order valence-electron chi connectivity index (χ3n) is 5.49. The van der Waals surface area contributed by atoms with Crippen LogP contribution >= 0.6 is 12.4 Å². The fourth-order valence-corrected chi connectivity index (χ4v) is 3.54. The fraction of sp³-hybridized carbons (Fsp3) is 0.320. The molecule has 1 N–H and O–H groups in total. The van der Waals surface area contributed by atoms with Crippen molar-refractivity contribution >= 4 is 29.1 Å². The molecule has 0 aromatic heterocycles. The number of nitrogens with one attached hydrogen (secondary N) is 1. The van der Waals surface area contributed by atoms with Crippen LogP contribution in [0.4, 0.5) is 13.2 Å². The first-order valence-corrected chi connectivity index (χ1v) is 10.3. The highest BCUT2D eigenvalue weighted by atomic mass is 35.5. The number of rotatable bonds is 7. The van der Waals surface area contributed by atoms with Gasteiger partial charge in [0.05, 0.1) is 17.5 Å². The van der Waals surface area contributed by atoms with Gasteiger partial charge in [0.1, 0.15) is 0 Å². The van der Waals surface area contributed by atoms with Crippen LogP contribution in [-0.4, -0.2) is 31.4 Å². The topological polar surface area (TPSA) is 32.3 Å². The molecule has 0 bridgehead atoms. The average molecular weight is 465 g/mol. The standard InChI is InChI=1S/C25H27F3N2O.ClH/c1-17(18-10-12-22(13-11-18)25(26,27)28)24(31)29-23(14-15-30(2)3)21-9-8-19-6-4-5-7-20(19)16-21;/h4-13,16-17,23H,14-15H2,1-3H3,(H,29,31);1H. The number of hydrogen-bond acceptors (Lipinski definition) is 2. The molecule has 0 aliphatic carbocycles. The summed E-state index contributed by atoms with van der Waals surface area (Å²) < 4.78 is 38.5. The number of halogens is 4. The summed E-state index contributed by atoms with van der Waals surface area (Å²) in [5, 5.41) is 5.33. The zero-order valence-electron chi connectivity index (χ0n) is 18.3. The van der Waals surface area contributed by atoms with E-state index in [1.165, 1.54) is 12.1 Å². The summed E-state index contributed by atoms with van der Waals surface area (Å²) in [6, 6.07) is 18.8. The highest BCUT2D eigenvalue weighted by molar-refractivity contribution is 5.86. The van der Waals surface area contributed by atoms with Gasteiger partial charge in [-0.1, -0.05) is 48.5 Å². The van der Waals surface area contributed by atoms with Gasteiger partial charge in [-0.05, 0) is 74.1 Å². The zero-order chi connectivity index (χ0) is 22.6. The van der Waals surface area contributed by atoms with E-state index >= 15 is 0 Å². The molecule has 0 fully saturated rings. The smallest absolute Gasteiger partial charge is 0.349 e. The lowest BCUT2D eigenvalue weighted by Crippen LogP contribution is -2.33. The van der Waals surface area contributed by atoms with Crippen molar-refractivity contribution in [2.45, 2.75) is 31.5 Å². The quantitative estimate of drug-likeness (QED) is 0.452. The Morgan fingerprint density at radius 1 is 0.938 bits per heavy atom. The summed E-state index contributed by atoms with van der Waals surface area (Å²) in [6.07, 6.45) is -3.67. The Labute approximate surface area is 193 Å². The van der Waals surface area contributed by atoms with Crippen LogP contribution in [0.25, 0.3) is 10.8 Å². The minimum absolute atomic E-state index is 0. The van der Waals surface area contributed by atoms with Gasteiger partial charge in [-0.3, -0.25) is 4.79 Å². The van der Waals surface area contributed by atoms with Crippen LogP contribution in [-0.2, 0) is 11.0 Å². The highest BCUT2D eigenvalue weighted by Gasteiger charge is 2.30. The number of amides is 1. The minimum atomic E-state index is -4.39. The maximum atomic E-state index is 13.0. The number of fused-ring (bicyclic) bond motifs is 1. The molecule has 7 heteroatoms. The number of nitrogens with zero attached hydrogens (tertiary/aromatic N) is 1. The summed E-state index contributed by atoms with van der Waals surface area (Å²) in [5.74, 6) is -0.777. The molecule has 3 aromatic rings. The number of alkyl halides is 3. The molecule has 172 valence electrons. The Morgan fingerprint density at radius 3 is 2.12 bits per heavy atom. The third-order valence-corrected chi connectivity index (χ3v) is 5.49. The molecule has 32 heavy (non-hydrogen) atoms. The van der Waals surface area contributed by atoms with E-state index in [-0.39, 0.29) is 24.4 Å². The maximum absolute atomic E-state index is 13.0. The Bertz CT molecular complexity index is 1040. The van der Waals surface area contributed by atoms with Crippen molar-refractivity contribution in [2.24, 2.45) is 0 Å². The van der Waals surface area contributed by atoms with Crippen LogP contribution in [0.5, 0.6) is 0 Å². The molecular weight excluding hydrogens is 437 g/mol. The molecule has 0 aliphatic rings. The summed E-state index contributed by atoms with van der Waals surface area (Å²) in [4.78, 5) is 15.0. The van der Waals surface area contributed by atoms with Crippen molar-refractivity contribution in [1.29, 1.82) is 0 Å². The van der Waals surface area contributed by atoms with E-state index in [2.05, 4.69) is 16.3 Å². The van der Waals surface area contributed by atoms with Gasteiger partial charge in [0, 0.05) is 0 Å².